The Morgan fingerprint density at radius 1 is 1.55 bits per heavy atom. The van der Waals surface area contributed by atoms with Gasteiger partial charge < -0.3 is 10.4 Å². The van der Waals surface area contributed by atoms with Crippen molar-refractivity contribution in [1.29, 1.82) is 0 Å². The van der Waals surface area contributed by atoms with Crippen molar-refractivity contribution in [2.45, 2.75) is 25.8 Å². The molecule has 4 nitrogen and oxygen atoms in total. The van der Waals surface area contributed by atoms with E-state index >= 15 is 0 Å². The lowest BCUT2D eigenvalue weighted by molar-refractivity contribution is 0.0920. The summed E-state index contributed by atoms with van der Waals surface area (Å²) in [5.74, 6) is -0.927. The molecule has 0 aliphatic rings. The first-order valence-corrected chi connectivity index (χ1v) is 8.06. The predicted molar refractivity (Wildman–Crippen MR) is 84.8 cm³/mol. The third kappa shape index (κ3) is 4.03. The topological polar surface area (TPSA) is 62.2 Å². The zero-order valence-electron chi connectivity index (χ0n) is 12.0. The van der Waals surface area contributed by atoms with Gasteiger partial charge in [0, 0.05) is 0 Å². The number of amides is 1. The average molecular weight is 343 g/mol. The van der Waals surface area contributed by atoms with Crippen LogP contribution in [-0.4, -0.2) is 22.6 Å². The Bertz CT molecular complexity index is 663. The van der Waals surface area contributed by atoms with Crippen LogP contribution in [0.15, 0.2) is 24.4 Å². The normalized spacial score (nSPS) is 12.2. The van der Waals surface area contributed by atoms with Gasteiger partial charge in [0.05, 0.1) is 28.9 Å². The van der Waals surface area contributed by atoms with Crippen LogP contribution in [0.4, 0.5) is 4.39 Å². The molecule has 0 aliphatic heterocycles. The lowest BCUT2D eigenvalue weighted by atomic mass is 10.1. The highest BCUT2D eigenvalue weighted by atomic mass is 35.5. The minimum absolute atomic E-state index is 0.00145. The molecule has 0 saturated heterocycles. The molecule has 118 valence electrons. The van der Waals surface area contributed by atoms with Gasteiger partial charge in [0.2, 0.25) is 0 Å². The second-order valence-corrected chi connectivity index (χ2v) is 6.27. The number of aryl methyl sites for hydroxylation is 1. The monoisotopic (exact) mass is 342 g/mol. The number of aliphatic hydroxyl groups excluding tert-OH is 1. The minimum Gasteiger partial charge on any atom is -0.394 e. The summed E-state index contributed by atoms with van der Waals surface area (Å²) in [5, 5.41) is 13.0. The lowest BCUT2D eigenvalue weighted by Crippen LogP contribution is -2.30. The van der Waals surface area contributed by atoms with Crippen LogP contribution in [0.1, 0.15) is 39.6 Å². The Hall–Kier alpha value is -1.50. The van der Waals surface area contributed by atoms with Crippen molar-refractivity contribution in [3.63, 3.8) is 0 Å². The number of hydrogen-bond donors (Lipinski definition) is 2. The number of nitrogens with zero attached hydrogens (tertiary/aromatic N) is 1. The molecular weight excluding hydrogens is 327 g/mol. The number of benzene rings is 1. The van der Waals surface area contributed by atoms with E-state index in [0.29, 0.717) is 10.4 Å². The van der Waals surface area contributed by atoms with Crippen LogP contribution in [0.2, 0.25) is 5.02 Å². The maximum Gasteiger partial charge on any atom is 0.263 e. The molecule has 0 radical (unpaired) electrons. The van der Waals surface area contributed by atoms with E-state index in [-0.39, 0.29) is 17.5 Å². The maximum atomic E-state index is 13.5. The highest BCUT2D eigenvalue weighted by molar-refractivity contribution is 7.13. The summed E-state index contributed by atoms with van der Waals surface area (Å²) >= 11 is 6.95. The maximum absolute atomic E-state index is 13.5. The smallest absolute Gasteiger partial charge is 0.263 e. The molecule has 0 saturated carbocycles. The van der Waals surface area contributed by atoms with Crippen LogP contribution < -0.4 is 5.32 Å². The van der Waals surface area contributed by atoms with Crippen LogP contribution in [0.5, 0.6) is 0 Å². The molecule has 1 aromatic heterocycles. The van der Waals surface area contributed by atoms with Gasteiger partial charge in [-0.3, -0.25) is 4.79 Å². The van der Waals surface area contributed by atoms with Gasteiger partial charge in [-0.15, -0.1) is 11.3 Å². The van der Waals surface area contributed by atoms with E-state index in [4.69, 9.17) is 11.6 Å². The number of aliphatic hydroxyl groups is 1. The molecule has 1 unspecified atom stereocenters. The summed E-state index contributed by atoms with van der Waals surface area (Å²) in [6.45, 7) is 1.70. The number of rotatable bonds is 6. The Morgan fingerprint density at radius 2 is 2.32 bits per heavy atom. The minimum atomic E-state index is -0.698. The molecule has 2 N–H and O–H groups in total. The molecule has 2 rings (SSSR count). The van der Waals surface area contributed by atoms with E-state index in [1.807, 2.05) is 6.92 Å². The standard InChI is InChI=1S/C15H16ClFN2O2S/c1-2-3-14-18-7-13(22-14)15(21)19-12(8-20)9-4-5-10(16)11(17)6-9/h4-7,12,20H,2-3,8H2,1H3,(H,19,21). The molecule has 0 bridgehead atoms. The SMILES string of the molecule is CCCc1ncc(C(=O)NC(CO)c2ccc(Cl)c(F)c2)s1. The fraction of sp³-hybridized carbons (Fsp3) is 0.333. The fourth-order valence-corrected chi connectivity index (χ4v) is 2.98. The second-order valence-electron chi connectivity index (χ2n) is 4.75. The average Bonchev–Trinajstić information content (AvgIpc) is 2.96. The Balaban J connectivity index is 2.11. The third-order valence-electron chi connectivity index (χ3n) is 3.08. The van der Waals surface area contributed by atoms with Gasteiger partial charge in [0.15, 0.2) is 0 Å². The molecular formula is C15H16ClFN2O2S. The number of carbonyl (C=O) groups is 1. The van der Waals surface area contributed by atoms with Gasteiger partial charge in [-0.05, 0) is 30.5 Å². The molecule has 0 aliphatic carbocycles. The molecule has 0 fully saturated rings. The zero-order chi connectivity index (χ0) is 16.1. The van der Waals surface area contributed by atoms with Gasteiger partial charge in [0.25, 0.3) is 5.91 Å². The first-order chi connectivity index (χ1) is 10.5. The third-order valence-corrected chi connectivity index (χ3v) is 4.44. The number of nitrogens with one attached hydrogen (secondary N) is 1. The fourth-order valence-electron chi connectivity index (χ4n) is 1.94. The van der Waals surface area contributed by atoms with Crippen molar-refractivity contribution in [2.75, 3.05) is 6.61 Å². The Kier molecular flexibility index (Phi) is 5.88. The first-order valence-electron chi connectivity index (χ1n) is 6.86. The van der Waals surface area contributed by atoms with Crippen LogP contribution in [0, 0.1) is 5.82 Å². The Morgan fingerprint density at radius 3 is 2.95 bits per heavy atom. The molecule has 1 amide bonds. The number of halogens is 2. The van der Waals surface area contributed by atoms with Crippen LogP contribution in [0.25, 0.3) is 0 Å². The summed E-state index contributed by atoms with van der Waals surface area (Å²) < 4.78 is 13.5. The number of thiazole rings is 1. The van der Waals surface area contributed by atoms with E-state index in [1.165, 1.54) is 29.7 Å². The van der Waals surface area contributed by atoms with E-state index in [1.54, 1.807) is 6.07 Å². The first kappa shape index (κ1) is 16.9. The molecule has 2 aromatic rings. The van der Waals surface area contributed by atoms with Crippen LogP contribution in [0.3, 0.4) is 0 Å². The van der Waals surface area contributed by atoms with Crippen molar-refractivity contribution < 1.29 is 14.3 Å². The molecule has 7 heteroatoms. The van der Waals surface area contributed by atoms with E-state index in [0.717, 1.165) is 17.8 Å². The van der Waals surface area contributed by atoms with E-state index in [9.17, 15) is 14.3 Å². The van der Waals surface area contributed by atoms with Gasteiger partial charge in [-0.2, -0.15) is 0 Å². The van der Waals surface area contributed by atoms with Gasteiger partial charge in [-0.25, -0.2) is 9.37 Å². The van der Waals surface area contributed by atoms with Crippen molar-refractivity contribution in [3.05, 3.63) is 50.7 Å². The molecule has 1 heterocycles. The van der Waals surface area contributed by atoms with Crippen molar-refractivity contribution in [3.8, 4) is 0 Å². The lowest BCUT2D eigenvalue weighted by Gasteiger charge is -2.16. The number of carbonyl (C=O) groups excluding carboxylic acids is 1. The van der Waals surface area contributed by atoms with Crippen molar-refractivity contribution >= 4 is 28.8 Å². The molecule has 0 spiro atoms. The van der Waals surface area contributed by atoms with Crippen molar-refractivity contribution in [1.82, 2.24) is 10.3 Å². The molecule has 22 heavy (non-hydrogen) atoms. The zero-order valence-corrected chi connectivity index (χ0v) is 13.5. The number of aromatic nitrogens is 1. The summed E-state index contributed by atoms with van der Waals surface area (Å²) in [4.78, 5) is 16.8. The number of hydrogen-bond acceptors (Lipinski definition) is 4. The quantitative estimate of drug-likeness (QED) is 0.846. The van der Waals surface area contributed by atoms with Gasteiger partial charge >= 0.3 is 0 Å². The highest BCUT2D eigenvalue weighted by Gasteiger charge is 2.18. The van der Waals surface area contributed by atoms with Crippen molar-refractivity contribution in [2.24, 2.45) is 0 Å². The second kappa shape index (κ2) is 7.67. The van der Waals surface area contributed by atoms with E-state index < -0.39 is 11.9 Å². The predicted octanol–water partition coefficient (Wildman–Crippen LogP) is 3.35. The molecule has 1 atom stereocenters. The molecule has 1 aromatic carbocycles. The summed E-state index contributed by atoms with van der Waals surface area (Å²) in [5.41, 5.74) is 0.455. The highest BCUT2D eigenvalue weighted by Crippen LogP contribution is 2.21. The van der Waals surface area contributed by atoms with E-state index in [2.05, 4.69) is 10.3 Å². The van der Waals surface area contributed by atoms with Crippen LogP contribution in [-0.2, 0) is 6.42 Å². The summed E-state index contributed by atoms with van der Waals surface area (Å²) in [6.07, 6.45) is 3.30. The summed E-state index contributed by atoms with van der Waals surface area (Å²) in [7, 11) is 0. The largest absolute Gasteiger partial charge is 0.394 e. The van der Waals surface area contributed by atoms with Crippen LogP contribution >= 0.6 is 22.9 Å². The van der Waals surface area contributed by atoms with Gasteiger partial charge in [-0.1, -0.05) is 24.6 Å². The Labute approximate surface area is 137 Å². The van der Waals surface area contributed by atoms with Gasteiger partial charge in [0.1, 0.15) is 10.7 Å². The summed E-state index contributed by atoms with van der Waals surface area (Å²) in [6, 6.07) is 3.48.